The smallest absolute Gasteiger partial charge is 0.416 e. The van der Waals surface area contributed by atoms with Crippen LogP contribution in [0, 0.1) is 5.92 Å². The number of halogens is 3. The minimum atomic E-state index is -4.48. The summed E-state index contributed by atoms with van der Waals surface area (Å²) in [5, 5.41) is 8.64. The topological polar surface area (TPSA) is 50.2 Å². The third kappa shape index (κ3) is 2.95. The van der Waals surface area contributed by atoms with E-state index in [1.54, 1.807) is 0 Å². The highest BCUT2D eigenvalue weighted by Gasteiger charge is 2.33. The zero-order valence-electron chi connectivity index (χ0n) is 8.45. The summed E-state index contributed by atoms with van der Waals surface area (Å²) in [7, 11) is 0. The lowest BCUT2D eigenvalue weighted by Gasteiger charge is -2.13. The first-order valence-corrected chi connectivity index (χ1v) is 4.55. The van der Waals surface area contributed by atoms with Crippen molar-refractivity contribution in [3.63, 3.8) is 0 Å². The van der Waals surface area contributed by atoms with E-state index in [4.69, 9.17) is 5.11 Å². The molecule has 0 spiro atoms. The van der Waals surface area contributed by atoms with Crippen LogP contribution in [0.3, 0.4) is 0 Å². The molecule has 0 bridgehead atoms. The van der Waals surface area contributed by atoms with Crippen molar-refractivity contribution in [2.75, 3.05) is 0 Å². The molecule has 1 heterocycles. The number of carboxylic acids is 1. The summed E-state index contributed by atoms with van der Waals surface area (Å²) in [6.45, 7) is 1.36. The highest BCUT2D eigenvalue weighted by molar-refractivity contribution is 5.70. The molecule has 1 aromatic rings. The van der Waals surface area contributed by atoms with Crippen LogP contribution in [0.1, 0.15) is 18.1 Å². The Balaban J connectivity index is 3.01. The van der Waals surface area contributed by atoms with Gasteiger partial charge >= 0.3 is 12.1 Å². The van der Waals surface area contributed by atoms with Crippen LogP contribution >= 0.6 is 0 Å². The van der Waals surface area contributed by atoms with Crippen LogP contribution in [0.5, 0.6) is 0 Å². The van der Waals surface area contributed by atoms with Crippen molar-refractivity contribution < 1.29 is 23.1 Å². The lowest BCUT2D eigenvalue weighted by atomic mass is 9.98. The highest BCUT2D eigenvalue weighted by atomic mass is 19.4. The van der Waals surface area contributed by atoms with Gasteiger partial charge in [-0.05, 0) is 18.1 Å². The Labute approximate surface area is 89.9 Å². The number of hydrogen-bond donors (Lipinski definition) is 1. The Hall–Kier alpha value is -1.59. The first-order valence-electron chi connectivity index (χ1n) is 4.55. The van der Waals surface area contributed by atoms with Gasteiger partial charge in [0.05, 0.1) is 11.5 Å². The molecule has 0 amide bonds. The largest absolute Gasteiger partial charge is 0.481 e. The van der Waals surface area contributed by atoms with Crippen LogP contribution in [0.15, 0.2) is 18.5 Å². The summed E-state index contributed by atoms with van der Waals surface area (Å²) in [6, 6.07) is 0.851. The molecule has 0 aromatic carbocycles. The van der Waals surface area contributed by atoms with Gasteiger partial charge in [0.25, 0.3) is 0 Å². The minimum Gasteiger partial charge on any atom is -0.481 e. The average Bonchev–Trinajstić information content (AvgIpc) is 2.16. The van der Waals surface area contributed by atoms with Crippen molar-refractivity contribution in [1.82, 2.24) is 4.98 Å². The van der Waals surface area contributed by atoms with Crippen LogP contribution in [-0.4, -0.2) is 16.1 Å². The second kappa shape index (κ2) is 4.51. The molecular formula is C10H10F3NO2. The van der Waals surface area contributed by atoms with Crippen molar-refractivity contribution in [2.24, 2.45) is 5.92 Å². The fraction of sp³-hybridized carbons (Fsp3) is 0.400. The lowest BCUT2D eigenvalue weighted by molar-refractivity contribution is -0.142. The van der Waals surface area contributed by atoms with E-state index < -0.39 is 23.6 Å². The van der Waals surface area contributed by atoms with Gasteiger partial charge in [0.1, 0.15) is 0 Å². The predicted octanol–water partition coefficient (Wildman–Crippen LogP) is 2.36. The number of rotatable bonds is 3. The zero-order chi connectivity index (χ0) is 12.3. The SMILES string of the molecule is CC(Cc1cnccc1C(F)(F)F)C(=O)O. The van der Waals surface area contributed by atoms with Crippen LogP contribution < -0.4 is 0 Å². The van der Waals surface area contributed by atoms with Crippen LogP contribution in [-0.2, 0) is 17.4 Å². The van der Waals surface area contributed by atoms with E-state index in [1.165, 1.54) is 6.92 Å². The second-order valence-electron chi connectivity index (χ2n) is 3.47. The Morgan fingerprint density at radius 1 is 1.56 bits per heavy atom. The highest BCUT2D eigenvalue weighted by Crippen LogP contribution is 2.32. The Morgan fingerprint density at radius 3 is 2.69 bits per heavy atom. The first kappa shape index (κ1) is 12.5. The third-order valence-electron chi connectivity index (χ3n) is 2.16. The quantitative estimate of drug-likeness (QED) is 0.871. The van der Waals surface area contributed by atoms with Gasteiger partial charge < -0.3 is 5.11 Å². The van der Waals surface area contributed by atoms with Crippen LogP contribution in [0.4, 0.5) is 13.2 Å². The molecule has 0 fully saturated rings. The van der Waals surface area contributed by atoms with E-state index in [9.17, 15) is 18.0 Å². The molecule has 0 radical (unpaired) electrons. The third-order valence-corrected chi connectivity index (χ3v) is 2.16. The van der Waals surface area contributed by atoms with Crippen molar-refractivity contribution >= 4 is 5.97 Å². The average molecular weight is 233 g/mol. The second-order valence-corrected chi connectivity index (χ2v) is 3.47. The molecule has 3 nitrogen and oxygen atoms in total. The van der Waals surface area contributed by atoms with E-state index in [0.29, 0.717) is 0 Å². The fourth-order valence-corrected chi connectivity index (χ4v) is 1.28. The van der Waals surface area contributed by atoms with Crippen molar-refractivity contribution in [1.29, 1.82) is 0 Å². The molecule has 1 aromatic heterocycles. The molecule has 0 saturated heterocycles. The maximum atomic E-state index is 12.5. The van der Waals surface area contributed by atoms with E-state index in [2.05, 4.69) is 4.98 Å². The van der Waals surface area contributed by atoms with E-state index in [-0.39, 0.29) is 12.0 Å². The molecule has 0 saturated carbocycles. The summed E-state index contributed by atoms with van der Waals surface area (Å²) in [5.74, 6) is -2.00. The first-order chi connectivity index (χ1) is 7.32. The van der Waals surface area contributed by atoms with Gasteiger partial charge in [0.15, 0.2) is 0 Å². The van der Waals surface area contributed by atoms with E-state index in [0.717, 1.165) is 18.5 Å². The van der Waals surface area contributed by atoms with Gasteiger partial charge in [-0.1, -0.05) is 6.92 Å². The number of aliphatic carboxylic acids is 1. The standard InChI is InChI=1S/C10H10F3NO2/c1-6(9(15)16)4-7-5-14-3-2-8(7)10(11,12)13/h2-3,5-6H,4H2,1H3,(H,15,16). The molecule has 1 rings (SSSR count). The Kier molecular flexibility index (Phi) is 3.51. The number of aromatic nitrogens is 1. The summed E-state index contributed by atoms with van der Waals surface area (Å²) in [5.41, 5.74) is -0.916. The number of alkyl halides is 3. The van der Waals surface area contributed by atoms with E-state index >= 15 is 0 Å². The van der Waals surface area contributed by atoms with Crippen molar-refractivity contribution in [3.8, 4) is 0 Å². The number of hydrogen-bond acceptors (Lipinski definition) is 2. The number of nitrogens with zero attached hydrogens (tertiary/aromatic N) is 1. The summed E-state index contributed by atoms with van der Waals surface area (Å²) in [4.78, 5) is 14.1. The molecule has 0 aliphatic carbocycles. The monoisotopic (exact) mass is 233 g/mol. The molecule has 0 aliphatic rings. The molecule has 0 aliphatic heterocycles. The maximum Gasteiger partial charge on any atom is 0.416 e. The summed E-state index contributed by atoms with van der Waals surface area (Å²) < 4.78 is 37.6. The zero-order valence-corrected chi connectivity index (χ0v) is 8.45. The normalized spacial score (nSPS) is 13.5. The molecule has 1 unspecified atom stereocenters. The molecule has 1 atom stereocenters. The maximum absolute atomic E-state index is 12.5. The van der Waals surface area contributed by atoms with Crippen LogP contribution in [0.2, 0.25) is 0 Å². The van der Waals surface area contributed by atoms with Crippen molar-refractivity contribution in [3.05, 3.63) is 29.6 Å². The van der Waals surface area contributed by atoms with Gasteiger partial charge in [-0.3, -0.25) is 9.78 Å². The number of carbonyl (C=O) groups is 1. The number of carboxylic acid groups (broad SMARTS) is 1. The minimum absolute atomic E-state index is 0.0927. The van der Waals surface area contributed by atoms with Gasteiger partial charge in [-0.15, -0.1) is 0 Å². The van der Waals surface area contributed by atoms with Gasteiger partial charge in [-0.25, -0.2) is 0 Å². The summed E-state index contributed by atoms with van der Waals surface area (Å²) in [6.07, 6.45) is -2.56. The summed E-state index contributed by atoms with van der Waals surface area (Å²) >= 11 is 0. The lowest BCUT2D eigenvalue weighted by Crippen LogP contribution is -2.16. The fourth-order valence-electron chi connectivity index (χ4n) is 1.28. The molecule has 16 heavy (non-hydrogen) atoms. The number of pyridine rings is 1. The van der Waals surface area contributed by atoms with Crippen LogP contribution in [0.25, 0.3) is 0 Å². The molecule has 6 heteroatoms. The van der Waals surface area contributed by atoms with Crippen molar-refractivity contribution in [2.45, 2.75) is 19.5 Å². The Morgan fingerprint density at radius 2 is 2.19 bits per heavy atom. The predicted molar refractivity (Wildman–Crippen MR) is 49.7 cm³/mol. The molecular weight excluding hydrogens is 223 g/mol. The van der Waals surface area contributed by atoms with E-state index in [1.807, 2.05) is 0 Å². The molecule has 88 valence electrons. The Bertz CT molecular complexity index is 390. The van der Waals surface area contributed by atoms with Gasteiger partial charge in [-0.2, -0.15) is 13.2 Å². The molecule has 1 N–H and O–H groups in total. The van der Waals surface area contributed by atoms with Gasteiger partial charge in [0, 0.05) is 12.4 Å². The van der Waals surface area contributed by atoms with Gasteiger partial charge in [0.2, 0.25) is 0 Å².